The molecule has 79 valence electrons. The third-order valence-electron chi connectivity index (χ3n) is 3.76. The molecule has 2 aliphatic rings. The van der Waals surface area contributed by atoms with Gasteiger partial charge in [-0.3, -0.25) is 0 Å². The number of aliphatic hydroxyl groups excluding tert-OH is 1. The zero-order chi connectivity index (χ0) is 10.0. The Bertz CT molecular complexity index is 190. The Hall–Kier alpha value is -0.0151. The summed E-state index contributed by atoms with van der Waals surface area (Å²) in [4.78, 5) is 0. The summed E-state index contributed by atoms with van der Waals surface area (Å²) in [6.45, 7) is 2.05. The summed E-state index contributed by atoms with van der Waals surface area (Å²) in [6.07, 6.45) is 7.83. The van der Waals surface area contributed by atoms with Crippen molar-refractivity contribution >= 4 is 7.28 Å². The van der Waals surface area contributed by atoms with Crippen LogP contribution in [-0.2, 0) is 4.74 Å². The van der Waals surface area contributed by atoms with E-state index in [0.717, 1.165) is 25.6 Å². The standard InChI is InChI=1S/C11H20BO2/c1-9-5-8-12-11(10(13)14-9)6-3-2-4-7-11/h9-10,13H,2-8H2,1H3. The average Bonchev–Trinajstić information content (AvgIpc) is 2.30. The Balaban J connectivity index is 2.07. The monoisotopic (exact) mass is 195 g/mol. The minimum Gasteiger partial charge on any atom is -0.368 e. The molecule has 0 aromatic carbocycles. The Kier molecular flexibility index (Phi) is 3.18. The van der Waals surface area contributed by atoms with Gasteiger partial charge in [-0.1, -0.05) is 38.4 Å². The zero-order valence-corrected chi connectivity index (χ0v) is 9.04. The smallest absolute Gasteiger partial charge is 0.153 e. The summed E-state index contributed by atoms with van der Waals surface area (Å²) in [5.41, 5.74) is 0. The van der Waals surface area contributed by atoms with Crippen LogP contribution >= 0.6 is 0 Å². The molecule has 2 unspecified atom stereocenters. The van der Waals surface area contributed by atoms with Crippen molar-refractivity contribution < 1.29 is 9.84 Å². The van der Waals surface area contributed by atoms with Crippen molar-refractivity contribution in [2.75, 3.05) is 0 Å². The van der Waals surface area contributed by atoms with E-state index < -0.39 is 6.29 Å². The van der Waals surface area contributed by atoms with E-state index in [1.807, 2.05) is 0 Å². The summed E-state index contributed by atoms with van der Waals surface area (Å²) >= 11 is 0. The van der Waals surface area contributed by atoms with E-state index in [1.165, 1.54) is 19.3 Å². The molecule has 0 aromatic rings. The summed E-state index contributed by atoms with van der Waals surface area (Å²) in [5, 5.41) is 10.1. The third kappa shape index (κ3) is 1.99. The fourth-order valence-electron chi connectivity index (χ4n) is 2.79. The molecule has 0 aromatic heterocycles. The quantitative estimate of drug-likeness (QED) is 0.601. The van der Waals surface area contributed by atoms with Gasteiger partial charge in [-0.05, 0) is 18.7 Å². The topological polar surface area (TPSA) is 29.5 Å². The Morgan fingerprint density at radius 3 is 2.71 bits per heavy atom. The molecule has 2 rings (SSSR count). The first-order valence-electron chi connectivity index (χ1n) is 5.91. The number of hydrogen-bond donors (Lipinski definition) is 1. The van der Waals surface area contributed by atoms with E-state index in [4.69, 9.17) is 4.74 Å². The number of rotatable bonds is 0. The van der Waals surface area contributed by atoms with Crippen LogP contribution < -0.4 is 0 Å². The zero-order valence-electron chi connectivity index (χ0n) is 9.04. The van der Waals surface area contributed by atoms with E-state index in [-0.39, 0.29) is 11.4 Å². The molecule has 2 atom stereocenters. The molecule has 2 fully saturated rings. The fraction of sp³-hybridized carbons (Fsp3) is 1.00. The molecule has 3 heteroatoms. The number of ether oxygens (including phenoxy) is 1. The Morgan fingerprint density at radius 1 is 1.29 bits per heavy atom. The molecule has 0 amide bonds. The SMILES string of the molecule is CC1CC[B]C2(CCCCC2)C(O)O1. The highest BCUT2D eigenvalue weighted by Gasteiger charge is 2.41. The first kappa shape index (κ1) is 10.5. The molecule has 1 radical (unpaired) electrons. The van der Waals surface area contributed by atoms with E-state index in [9.17, 15) is 5.11 Å². The third-order valence-corrected chi connectivity index (χ3v) is 3.76. The highest BCUT2D eigenvalue weighted by Crippen LogP contribution is 2.48. The van der Waals surface area contributed by atoms with Gasteiger partial charge in [0.2, 0.25) is 0 Å². The van der Waals surface area contributed by atoms with E-state index in [1.54, 1.807) is 0 Å². The first-order valence-corrected chi connectivity index (χ1v) is 5.91. The van der Waals surface area contributed by atoms with Crippen molar-refractivity contribution in [1.82, 2.24) is 0 Å². The summed E-state index contributed by atoms with van der Waals surface area (Å²) in [6, 6.07) is 0. The normalized spacial score (nSPS) is 37.6. The van der Waals surface area contributed by atoms with Gasteiger partial charge in [-0.2, -0.15) is 0 Å². The predicted octanol–water partition coefficient (Wildman–Crippen LogP) is 2.36. The Morgan fingerprint density at radius 2 is 2.00 bits per heavy atom. The van der Waals surface area contributed by atoms with Gasteiger partial charge >= 0.3 is 0 Å². The number of hydrogen-bond acceptors (Lipinski definition) is 2. The van der Waals surface area contributed by atoms with E-state index in [0.29, 0.717) is 0 Å². The lowest BCUT2D eigenvalue weighted by atomic mass is 9.45. The molecule has 1 N–H and O–H groups in total. The van der Waals surface area contributed by atoms with Gasteiger partial charge in [-0.15, -0.1) is 0 Å². The predicted molar refractivity (Wildman–Crippen MR) is 57.5 cm³/mol. The average molecular weight is 195 g/mol. The lowest BCUT2D eigenvalue weighted by Gasteiger charge is -2.39. The van der Waals surface area contributed by atoms with Crippen LogP contribution in [0.25, 0.3) is 0 Å². The van der Waals surface area contributed by atoms with Crippen molar-refractivity contribution in [2.24, 2.45) is 0 Å². The fourth-order valence-corrected chi connectivity index (χ4v) is 2.79. The second kappa shape index (κ2) is 4.24. The molecule has 14 heavy (non-hydrogen) atoms. The second-order valence-corrected chi connectivity index (χ2v) is 4.87. The summed E-state index contributed by atoms with van der Waals surface area (Å²) in [5.74, 6) is 0. The molecular formula is C11H20BO2. The molecule has 1 heterocycles. The molecule has 1 aliphatic heterocycles. The van der Waals surface area contributed by atoms with Gasteiger partial charge in [0.1, 0.15) is 7.28 Å². The maximum Gasteiger partial charge on any atom is 0.153 e. The van der Waals surface area contributed by atoms with Crippen molar-refractivity contribution in [3.05, 3.63) is 0 Å². The lowest BCUT2D eigenvalue weighted by Crippen LogP contribution is -2.36. The summed E-state index contributed by atoms with van der Waals surface area (Å²) in [7, 11) is 2.33. The van der Waals surface area contributed by atoms with E-state index in [2.05, 4.69) is 14.2 Å². The summed E-state index contributed by atoms with van der Waals surface area (Å²) < 4.78 is 5.63. The van der Waals surface area contributed by atoms with Crippen LogP contribution in [0.1, 0.15) is 45.4 Å². The van der Waals surface area contributed by atoms with Crippen LogP contribution in [0.2, 0.25) is 11.6 Å². The molecular weight excluding hydrogens is 175 g/mol. The van der Waals surface area contributed by atoms with Crippen LogP contribution in [0.3, 0.4) is 0 Å². The van der Waals surface area contributed by atoms with Gasteiger partial charge in [0.15, 0.2) is 6.29 Å². The van der Waals surface area contributed by atoms with Gasteiger partial charge in [0.05, 0.1) is 6.10 Å². The van der Waals surface area contributed by atoms with Crippen molar-refractivity contribution in [1.29, 1.82) is 0 Å². The van der Waals surface area contributed by atoms with Crippen molar-refractivity contribution in [3.8, 4) is 0 Å². The largest absolute Gasteiger partial charge is 0.368 e. The van der Waals surface area contributed by atoms with Crippen molar-refractivity contribution in [3.63, 3.8) is 0 Å². The molecule has 1 saturated carbocycles. The minimum absolute atomic E-state index is 0.0109. The second-order valence-electron chi connectivity index (χ2n) is 4.87. The van der Waals surface area contributed by atoms with Crippen LogP contribution in [0.15, 0.2) is 0 Å². The van der Waals surface area contributed by atoms with Crippen molar-refractivity contribution in [2.45, 2.75) is 69.5 Å². The van der Waals surface area contributed by atoms with Crippen LogP contribution in [-0.4, -0.2) is 24.8 Å². The highest BCUT2D eigenvalue weighted by molar-refractivity contribution is 6.40. The minimum atomic E-state index is -0.555. The maximum atomic E-state index is 10.1. The molecule has 0 bridgehead atoms. The molecule has 1 spiro atoms. The van der Waals surface area contributed by atoms with Gasteiger partial charge in [0, 0.05) is 0 Å². The van der Waals surface area contributed by atoms with Crippen LogP contribution in [0.5, 0.6) is 0 Å². The Labute approximate surface area is 87.3 Å². The van der Waals surface area contributed by atoms with Crippen LogP contribution in [0.4, 0.5) is 0 Å². The molecule has 2 nitrogen and oxygen atoms in total. The number of aliphatic hydroxyl groups is 1. The highest BCUT2D eigenvalue weighted by atomic mass is 16.6. The van der Waals surface area contributed by atoms with Gasteiger partial charge in [0.25, 0.3) is 0 Å². The first-order chi connectivity index (χ1) is 6.73. The van der Waals surface area contributed by atoms with Crippen LogP contribution in [0, 0.1) is 0 Å². The van der Waals surface area contributed by atoms with E-state index >= 15 is 0 Å². The molecule has 1 aliphatic carbocycles. The lowest BCUT2D eigenvalue weighted by molar-refractivity contribution is -0.157. The maximum absolute atomic E-state index is 10.1. The van der Waals surface area contributed by atoms with Gasteiger partial charge in [-0.25, -0.2) is 0 Å². The molecule has 1 saturated heterocycles. The van der Waals surface area contributed by atoms with Gasteiger partial charge < -0.3 is 9.84 Å².